The molecule has 2 N–H and O–H groups in total. The summed E-state index contributed by atoms with van der Waals surface area (Å²) in [6.45, 7) is 1.95. The zero-order valence-corrected chi connectivity index (χ0v) is 8.11. The molecule has 0 aliphatic heterocycles. The van der Waals surface area contributed by atoms with Crippen LogP contribution < -0.4 is 5.73 Å². The molecule has 1 aromatic carbocycles. The number of hydrogen-bond donors (Lipinski definition) is 1. The van der Waals surface area contributed by atoms with E-state index < -0.39 is 0 Å². The van der Waals surface area contributed by atoms with E-state index in [1.54, 1.807) is 6.92 Å². The number of nitrogens with two attached hydrogens (primary N) is 1. The molecule has 0 saturated heterocycles. The van der Waals surface area contributed by atoms with Gasteiger partial charge in [0.1, 0.15) is 11.6 Å². The molecular formula is C11H13F2N. The molecule has 0 aromatic heterocycles. The number of hydrogen-bond acceptors (Lipinski definition) is 1. The largest absolute Gasteiger partial charge is 0.330 e. The first-order valence-electron chi connectivity index (χ1n) is 4.75. The van der Waals surface area contributed by atoms with Crippen LogP contribution in [0.15, 0.2) is 12.1 Å². The molecule has 2 rings (SSSR count). The van der Waals surface area contributed by atoms with Gasteiger partial charge in [-0.25, -0.2) is 8.78 Å². The highest BCUT2D eigenvalue weighted by Crippen LogP contribution is 2.48. The lowest BCUT2D eigenvalue weighted by atomic mass is 9.94. The molecule has 0 amide bonds. The summed E-state index contributed by atoms with van der Waals surface area (Å²) in [7, 11) is 0. The number of benzene rings is 1. The summed E-state index contributed by atoms with van der Waals surface area (Å²) in [5.41, 5.74) is 6.08. The van der Waals surface area contributed by atoms with Gasteiger partial charge in [0, 0.05) is 12.0 Å². The maximum Gasteiger partial charge on any atom is 0.127 e. The third-order valence-corrected chi connectivity index (χ3v) is 3.06. The molecule has 0 radical (unpaired) electrons. The average molecular weight is 197 g/mol. The Hall–Kier alpha value is -0.960. The summed E-state index contributed by atoms with van der Waals surface area (Å²) in [5, 5.41) is 0. The summed E-state index contributed by atoms with van der Waals surface area (Å²) in [5.74, 6) is -0.673. The van der Waals surface area contributed by atoms with Crippen molar-refractivity contribution in [2.75, 3.05) is 6.54 Å². The van der Waals surface area contributed by atoms with E-state index in [2.05, 4.69) is 0 Å². The van der Waals surface area contributed by atoms with Crippen LogP contribution in [-0.4, -0.2) is 6.54 Å². The van der Waals surface area contributed by atoms with Gasteiger partial charge in [-0.1, -0.05) is 0 Å². The summed E-state index contributed by atoms with van der Waals surface area (Å²) >= 11 is 0. The molecule has 1 aliphatic rings. The van der Waals surface area contributed by atoms with Gasteiger partial charge in [0.05, 0.1) is 0 Å². The summed E-state index contributed by atoms with van der Waals surface area (Å²) in [6, 6.07) is 2.55. The molecule has 0 heterocycles. The second kappa shape index (κ2) is 3.02. The molecule has 1 aliphatic carbocycles. The van der Waals surface area contributed by atoms with Gasteiger partial charge in [-0.3, -0.25) is 0 Å². The quantitative estimate of drug-likeness (QED) is 0.773. The lowest BCUT2D eigenvalue weighted by Gasteiger charge is -2.14. The standard InChI is InChI=1S/C11H13F2N/c1-7-4-10(13)8(5-9(7)12)11(6-14)2-3-11/h4-5H,2-3,6,14H2,1H3. The molecule has 3 heteroatoms. The lowest BCUT2D eigenvalue weighted by Crippen LogP contribution is -2.21. The van der Waals surface area contributed by atoms with Crippen LogP contribution in [-0.2, 0) is 5.41 Å². The van der Waals surface area contributed by atoms with Gasteiger partial charge in [0.15, 0.2) is 0 Å². The summed E-state index contributed by atoms with van der Waals surface area (Å²) < 4.78 is 26.8. The Kier molecular flexibility index (Phi) is 2.07. The van der Waals surface area contributed by atoms with Gasteiger partial charge in [0.2, 0.25) is 0 Å². The van der Waals surface area contributed by atoms with Crippen LogP contribution in [0.25, 0.3) is 0 Å². The first-order valence-corrected chi connectivity index (χ1v) is 4.75. The van der Waals surface area contributed by atoms with Gasteiger partial charge in [-0.2, -0.15) is 0 Å². The van der Waals surface area contributed by atoms with Gasteiger partial charge in [0.25, 0.3) is 0 Å². The molecule has 1 saturated carbocycles. The maximum absolute atomic E-state index is 13.5. The predicted octanol–water partition coefficient (Wildman–Crippen LogP) is 2.26. The van der Waals surface area contributed by atoms with Crippen LogP contribution in [0.4, 0.5) is 8.78 Å². The summed E-state index contributed by atoms with van der Waals surface area (Å²) in [4.78, 5) is 0. The first kappa shape index (κ1) is 9.59. The molecule has 0 atom stereocenters. The van der Waals surface area contributed by atoms with E-state index in [9.17, 15) is 8.78 Å². The van der Waals surface area contributed by atoms with Gasteiger partial charge in [-0.05, 0) is 43.0 Å². The maximum atomic E-state index is 13.5. The Labute approximate surface area is 81.9 Å². The fourth-order valence-corrected chi connectivity index (χ4v) is 1.79. The topological polar surface area (TPSA) is 26.0 Å². The number of halogens is 2. The zero-order chi connectivity index (χ0) is 10.3. The molecule has 14 heavy (non-hydrogen) atoms. The fraction of sp³-hybridized carbons (Fsp3) is 0.455. The first-order chi connectivity index (χ1) is 6.59. The molecule has 0 unspecified atom stereocenters. The Morgan fingerprint density at radius 2 is 1.93 bits per heavy atom. The van der Waals surface area contributed by atoms with E-state index >= 15 is 0 Å². The van der Waals surface area contributed by atoms with Crippen LogP contribution in [0.5, 0.6) is 0 Å². The monoisotopic (exact) mass is 197 g/mol. The Morgan fingerprint density at radius 3 is 2.43 bits per heavy atom. The van der Waals surface area contributed by atoms with E-state index in [0.717, 1.165) is 12.8 Å². The molecular weight excluding hydrogens is 184 g/mol. The summed E-state index contributed by atoms with van der Waals surface area (Å²) in [6.07, 6.45) is 1.73. The highest BCUT2D eigenvalue weighted by atomic mass is 19.1. The van der Waals surface area contributed by atoms with Crippen LogP contribution in [0.1, 0.15) is 24.0 Å². The van der Waals surface area contributed by atoms with Gasteiger partial charge < -0.3 is 5.73 Å². The van der Waals surface area contributed by atoms with Gasteiger partial charge >= 0.3 is 0 Å². The molecule has 1 aromatic rings. The highest BCUT2D eigenvalue weighted by molar-refractivity contribution is 5.36. The Balaban J connectivity index is 2.49. The minimum Gasteiger partial charge on any atom is -0.330 e. The van der Waals surface area contributed by atoms with Crippen molar-refractivity contribution in [3.05, 3.63) is 34.9 Å². The Morgan fingerprint density at radius 1 is 1.29 bits per heavy atom. The van der Waals surface area contributed by atoms with E-state index in [1.165, 1.54) is 12.1 Å². The molecule has 1 fully saturated rings. The number of rotatable bonds is 2. The number of aryl methyl sites for hydroxylation is 1. The molecule has 1 nitrogen and oxygen atoms in total. The second-order valence-electron chi connectivity index (χ2n) is 4.07. The Bertz CT molecular complexity index is 370. The average Bonchev–Trinajstić information content (AvgIpc) is 2.92. The normalized spacial score (nSPS) is 18.3. The van der Waals surface area contributed by atoms with Crippen molar-refractivity contribution in [3.63, 3.8) is 0 Å². The van der Waals surface area contributed by atoms with Crippen LogP contribution >= 0.6 is 0 Å². The van der Waals surface area contributed by atoms with E-state index in [4.69, 9.17) is 5.73 Å². The van der Waals surface area contributed by atoms with Crippen molar-refractivity contribution >= 4 is 0 Å². The third-order valence-electron chi connectivity index (χ3n) is 3.06. The highest BCUT2D eigenvalue weighted by Gasteiger charge is 2.44. The van der Waals surface area contributed by atoms with Crippen LogP contribution in [0.2, 0.25) is 0 Å². The second-order valence-corrected chi connectivity index (χ2v) is 4.07. The van der Waals surface area contributed by atoms with Crippen molar-refractivity contribution in [1.29, 1.82) is 0 Å². The van der Waals surface area contributed by atoms with Crippen molar-refractivity contribution < 1.29 is 8.78 Å². The molecule has 76 valence electrons. The van der Waals surface area contributed by atoms with Crippen molar-refractivity contribution in [2.45, 2.75) is 25.2 Å². The van der Waals surface area contributed by atoms with Crippen LogP contribution in [0.3, 0.4) is 0 Å². The van der Waals surface area contributed by atoms with Gasteiger partial charge in [-0.15, -0.1) is 0 Å². The third kappa shape index (κ3) is 1.32. The van der Waals surface area contributed by atoms with Crippen molar-refractivity contribution in [2.24, 2.45) is 5.73 Å². The minimum absolute atomic E-state index is 0.279. The fourth-order valence-electron chi connectivity index (χ4n) is 1.79. The van der Waals surface area contributed by atoms with Crippen molar-refractivity contribution in [1.82, 2.24) is 0 Å². The molecule has 0 bridgehead atoms. The van der Waals surface area contributed by atoms with Crippen LogP contribution in [0, 0.1) is 18.6 Å². The van der Waals surface area contributed by atoms with E-state index in [1.807, 2.05) is 0 Å². The smallest absolute Gasteiger partial charge is 0.127 e. The lowest BCUT2D eigenvalue weighted by molar-refractivity contribution is 0.550. The molecule has 0 spiro atoms. The zero-order valence-electron chi connectivity index (χ0n) is 8.11. The SMILES string of the molecule is Cc1cc(F)c(C2(CN)CC2)cc1F. The van der Waals surface area contributed by atoms with Crippen molar-refractivity contribution in [3.8, 4) is 0 Å². The minimum atomic E-state index is -0.346. The van der Waals surface area contributed by atoms with E-state index in [0.29, 0.717) is 17.7 Å². The van der Waals surface area contributed by atoms with E-state index in [-0.39, 0.29) is 17.0 Å². The predicted molar refractivity (Wildman–Crippen MR) is 51.1 cm³/mol.